The van der Waals surface area contributed by atoms with Crippen molar-refractivity contribution in [2.75, 3.05) is 12.8 Å². The lowest BCUT2D eigenvalue weighted by Gasteiger charge is -2.30. The second-order valence-electron chi connectivity index (χ2n) is 5.58. The van der Waals surface area contributed by atoms with Crippen LogP contribution in [0.2, 0.25) is 0 Å². The average Bonchev–Trinajstić information content (AvgIpc) is 2.57. The standard InChI is InChI=1S/C18H21OPS/c21-20(17-10-3-1-4-11-17,18-12-5-2-6-13-18)15-16-9-7-8-14-19-16/h1-6,10-13,16H,7-9,14-15H2. The zero-order valence-electron chi connectivity index (χ0n) is 12.2. The van der Waals surface area contributed by atoms with Crippen molar-refractivity contribution in [2.24, 2.45) is 0 Å². The molecule has 1 aliphatic heterocycles. The molecule has 0 aromatic heterocycles. The summed E-state index contributed by atoms with van der Waals surface area (Å²) >= 11 is 6.25. The molecule has 2 aromatic carbocycles. The van der Waals surface area contributed by atoms with Gasteiger partial charge in [-0.2, -0.15) is 0 Å². The summed E-state index contributed by atoms with van der Waals surface area (Å²) < 4.78 is 5.98. The quantitative estimate of drug-likeness (QED) is 0.796. The van der Waals surface area contributed by atoms with Gasteiger partial charge in [-0.3, -0.25) is 0 Å². The highest BCUT2D eigenvalue weighted by atomic mass is 32.4. The summed E-state index contributed by atoms with van der Waals surface area (Å²) in [4.78, 5) is 0. The van der Waals surface area contributed by atoms with Gasteiger partial charge in [0.15, 0.2) is 0 Å². The van der Waals surface area contributed by atoms with Gasteiger partial charge in [-0.05, 0) is 29.9 Å². The van der Waals surface area contributed by atoms with Crippen LogP contribution >= 0.6 is 6.04 Å². The second-order valence-corrected chi connectivity index (χ2v) is 10.3. The molecule has 1 unspecified atom stereocenters. The highest BCUT2D eigenvalue weighted by Crippen LogP contribution is 2.45. The molecule has 0 amide bonds. The predicted molar refractivity (Wildman–Crippen MR) is 94.9 cm³/mol. The molecule has 3 rings (SSSR count). The van der Waals surface area contributed by atoms with Crippen LogP contribution in [0.1, 0.15) is 19.3 Å². The van der Waals surface area contributed by atoms with E-state index in [9.17, 15) is 0 Å². The maximum atomic E-state index is 6.25. The maximum absolute atomic E-state index is 6.25. The summed E-state index contributed by atoms with van der Waals surface area (Å²) in [5.74, 6) is 0. The van der Waals surface area contributed by atoms with Crippen molar-refractivity contribution in [3.05, 3.63) is 60.7 Å². The van der Waals surface area contributed by atoms with Gasteiger partial charge in [-0.25, -0.2) is 0 Å². The molecular weight excluding hydrogens is 295 g/mol. The van der Waals surface area contributed by atoms with Crippen LogP contribution in [0, 0.1) is 0 Å². The second kappa shape index (κ2) is 6.87. The van der Waals surface area contributed by atoms with Gasteiger partial charge in [0.25, 0.3) is 0 Å². The molecule has 0 spiro atoms. The third kappa shape index (κ3) is 3.45. The van der Waals surface area contributed by atoms with E-state index in [1.807, 2.05) is 0 Å². The van der Waals surface area contributed by atoms with Crippen molar-refractivity contribution >= 4 is 28.5 Å². The van der Waals surface area contributed by atoms with E-state index in [0.717, 1.165) is 19.2 Å². The summed E-state index contributed by atoms with van der Waals surface area (Å²) in [5.41, 5.74) is 0. The zero-order chi connectivity index (χ0) is 14.5. The molecule has 0 aliphatic carbocycles. The highest BCUT2D eigenvalue weighted by Gasteiger charge is 2.27. The first kappa shape index (κ1) is 15.0. The van der Waals surface area contributed by atoms with E-state index in [4.69, 9.17) is 16.5 Å². The number of hydrogen-bond acceptors (Lipinski definition) is 2. The number of benzene rings is 2. The molecule has 1 heterocycles. The lowest BCUT2D eigenvalue weighted by Crippen LogP contribution is -2.29. The van der Waals surface area contributed by atoms with E-state index in [1.165, 1.54) is 23.5 Å². The Morgan fingerprint density at radius 3 is 1.95 bits per heavy atom. The van der Waals surface area contributed by atoms with Gasteiger partial charge in [-0.1, -0.05) is 72.5 Å². The summed E-state index contributed by atoms with van der Waals surface area (Å²) in [5, 5.41) is 2.61. The van der Waals surface area contributed by atoms with Crippen molar-refractivity contribution in [2.45, 2.75) is 25.4 Å². The van der Waals surface area contributed by atoms with Crippen molar-refractivity contribution in [3.63, 3.8) is 0 Å². The van der Waals surface area contributed by atoms with E-state index < -0.39 is 6.04 Å². The lowest BCUT2D eigenvalue weighted by molar-refractivity contribution is 0.0310. The maximum Gasteiger partial charge on any atom is 0.0627 e. The molecule has 1 saturated heterocycles. The summed E-state index contributed by atoms with van der Waals surface area (Å²) in [7, 11) is 0. The Bertz CT molecular complexity index is 562. The third-order valence-electron chi connectivity index (χ3n) is 4.08. The minimum Gasteiger partial charge on any atom is -0.378 e. The number of ether oxygens (including phenoxy) is 1. The van der Waals surface area contributed by atoms with E-state index in [0.29, 0.717) is 6.10 Å². The van der Waals surface area contributed by atoms with E-state index in [1.54, 1.807) is 0 Å². The summed E-state index contributed by atoms with van der Waals surface area (Å²) in [6.45, 7) is 0.892. The Morgan fingerprint density at radius 1 is 0.905 bits per heavy atom. The molecule has 1 fully saturated rings. The molecule has 21 heavy (non-hydrogen) atoms. The topological polar surface area (TPSA) is 9.23 Å². The van der Waals surface area contributed by atoms with Crippen LogP contribution < -0.4 is 10.6 Å². The van der Waals surface area contributed by atoms with Crippen LogP contribution in [0.4, 0.5) is 0 Å². The Labute approximate surface area is 132 Å². The van der Waals surface area contributed by atoms with Crippen molar-refractivity contribution < 1.29 is 4.74 Å². The predicted octanol–water partition coefficient (Wildman–Crippen LogP) is 3.69. The van der Waals surface area contributed by atoms with Crippen molar-refractivity contribution in [1.82, 2.24) is 0 Å². The summed E-state index contributed by atoms with van der Waals surface area (Å²) in [6, 6.07) is 19.5. The number of rotatable bonds is 4. The van der Waals surface area contributed by atoms with Gasteiger partial charge < -0.3 is 4.74 Å². The van der Waals surface area contributed by atoms with Gasteiger partial charge in [0.2, 0.25) is 0 Å². The molecule has 110 valence electrons. The Kier molecular flexibility index (Phi) is 4.90. The average molecular weight is 316 g/mol. The smallest absolute Gasteiger partial charge is 0.0627 e. The van der Waals surface area contributed by atoms with E-state index in [-0.39, 0.29) is 0 Å². The Balaban J connectivity index is 1.96. The molecule has 1 atom stereocenters. The molecule has 1 aliphatic rings. The Morgan fingerprint density at radius 2 is 1.48 bits per heavy atom. The van der Waals surface area contributed by atoms with Gasteiger partial charge in [0, 0.05) is 18.8 Å². The van der Waals surface area contributed by atoms with Crippen LogP contribution in [0.3, 0.4) is 0 Å². The van der Waals surface area contributed by atoms with Crippen molar-refractivity contribution in [1.29, 1.82) is 0 Å². The third-order valence-corrected chi connectivity index (χ3v) is 8.98. The fraction of sp³-hybridized carbons (Fsp3) is 0.333. The van der Waals surface area contributed by atoms with Gasteiger partial charge >= 0.3 is 0 Å². The minimum absolute atomic E-state index is 0.324. The van der Waals surface area contributed by atoms with Crippen molar-refractivity contribution in [3.8, 4) is 0 Å². The fourth-order valence-corrected chi connectivity index (χ4v) is 7.05. The van der Waals surface area contributed by atoms with Gasteiger partial charge in [0.1, 0.15) is 0 Å². The Hall–Kier alpha value is -0.950. The molecule has 0 N–H and O–H groups in total. The molecule has 3 heteroatoms. The van der Waals surface area contributed by atoms with Crippen LogP contribution in [0.15, 0.2) is 60.7 Å². The largest absolute Gasteiger partial charge is 0.378 e. The van der Waals surface area contributed by atoms with Gasteiger partial charge in [-0.15, -0.1) is 0 Å². The van der Waals surface area contributed by atoms with Crippen LogP contribution in [0.25, 0.3) is 0 Å². The minimum atomic E-state index is -1.78. The first-order chi connectivity index (χ1) is 10.3. The first-order valence-corrected chi connectivity index (χ1v) is 10.6. The molecule has 0 bridgehead atoms. The van der Waals surface area contributed by atoms with E-state index in [2.05, 4.69) is 60.7 Å². The van der Waals surface area contributed by atoms with Crippen LogP contribution in [0.5, 0.6) is 0 Å². The molecule has 0 saturated carbocycles. The molecule has 0 radical (unpaired) electrons. The zero-order valence-corrected chi connectivity index (χ0v) is 13.9. The first-order valence-electron chi connectivity index (χ1n) is 7.61. The van der Waals surface area contributed by atoms with Crippen LogP contribution in [-0.4, -0.2) is 18.9 Å². The SMILES string of the molecule is S=P(CC1CCCCO1)(c1ccccc1)c1ccccc1. The molecule has 2 aromatic rings. The fourth-order valence-electron chi connectivity index (χ4n) is 2.94. The summed E-state index contributed by atoms with van der Waals surface area (Å²) in [6.07, 6.45) is 4.92. The molecular formula is C18H21OPS. The normalized spacial score (nSPS) is 19.3. The highest BCUT2D eigenvalue weighted by molar-refractivity contribution is 8.21. The monoisotopic (exact) mass is 316 g/mol. The van der Waals surface area contributed by atoms with E-state index >= 15 is 0 Å². The van der Waals surface area contributed by atoms with Crippen LogP contribution in [-0.2, 0) is 16.5 Å². The molecule has 1 nitrogen and oxygen atoms in total. The van der Waals surface area contributed by atoms with Gasteiger partial charge in [0.05, 0.1) is 6.10 Å². The number of hydrogen-bond donors (Lipinski definition) is 0. The lowest BCUT2D eigenvalue weighted by atomic mass is 10.1.